The standard InChI is InChI=1S/C19H24N4O2S/c1-12-13(2)26-19-17(12)18(21-11-22-19)23-7-5-14(6-8-23)20-10-15(24)16-4-3-9-25-16/h3-4,9,11,14-15,20,24H,5-8,10H2,1-2H3/t15-/m1/s1. The monoisotopic (exact) mass is 372 g/mol. The molecule has 0 spiro atoms. The van der Waals surface area contributed by atoms with Crippen molar-refractivity contribution in [2.24, 2.45) is 0 Å². The van der Waals surface area contributed by atoms with Crippen LogP contribution in [0.25, 0.3) is 10.2 Å². The number of anilines is 1. The van der Waals surface area contributed by atoms with Gasteiger partial charge in [0.2, 0.25) is 0 Å². The number of piperidine rings is 1. The summed E-state index contributed by atoms with van der Waals surface area (Å²) in [6, 6.07) is 4.01. The molecule has 2 N–H and O–H groups in total. The smallest absolute Gasteiger partial charge is 0.141 e. The predicted octanol–water partition coefficient (Wildman–Crippen LogP) is 3.19. The second-order valence-electron chi connectivity index (χ2n) is 6.86. The molecule has 138 valence electrons. The van der Waals surface area contributed by atoms with Gasteiger partial charge in [0, 0.05) is 30.6 Å². The summed E-state index contributed by atoms with van der Waals surface area (Å²) in [7, 11) is 0. The molecule has 1 saturated heterocycles. The number of nitrogens with one attached hydrogen (secondary N) is 1. The molecule has 1 aliphatic rings. The first kappa shape index (κ1) is 17.5. The molecule has 1 aliphatic heterocycles. The first-order chi connectivity index (χ1) is 12.6. The lowest BCUT2D eigenvalue weighted by atomic mass is 10.0. The zero-order chi connectivity index (χ0) is 18.1. The summed E-state index contributed by atoms with van der Waals surface area (Å²) in [5, 5.41) is 14.8. The van der Waals surface area contributed by atoms with Crippen molar-refractivity contribution in [1.29, 1.82) is 0 Å². The maximum Gasteiger partial charge on any atom is 0.141 e. The molecule has 0 bridgehead atoms. The Morgan fingerprint density at radius 2 is 2.15 bits per heavy atom. The van der Waals surface area contributed by atoms with E-state index in [4.69, 9.17) is 4.42 Å². The van der Waals surface area contributed by atoms with E-state index in [0.717, 1.165) is 36.6 Å². The van der Waals surface area contributed by atoms with Crippen LogP contribution in [0.1, 0.15) is 35.1 Å². The Balaban J connectivity index is 1.38. The summed E-state index contributed by atoms with van der Waals surface area (Å²) in [6.07, 6.45) is 4.72. The van der Waals surface area contributed by atoms with Gasteiger partial charge in [0.05, 0.1) is 11.6 Å². The molecular formula is C19H24N4O2S. The van der Waals surface area contributed by atoms with Crippen molar-refractivity contribution in [3.63, 3.8) is 0 Å². The molecule has 7 heteroatoms. The van der Waals surface area contributed by atoms with E-state index in [2.05, 4.69) is 34.0 Å². The van der Waals surface area contributed by atoms with Crippen LogP contribution in [0.4, 0.5) is 5.82 Å². The van der Waals surface area contributed by atoms with Crippen molar-refractivity contribution >= 4 is 27.4 Å². The van der Waals surface area contributed by atoms with Crippen molar-refractivity contribution in [2.75, 3.05) is 24.5 Å². The van der Waals surface area contributed by atoms with Gasteiger partial charge in [0.15, 0.2) is 0 Å². The highest BCUT2D eigenvalue weighted by Crippen LogP contribution is 2.35. The Morgan fingerprint density at radius 3 is 2.88 bits per heavy atom. The normalized spacial score (nSPS) is 17.1. The second-order valence-corrected chi connectivity index (χ2v) is 8.06. The summed E-state index contributed by atoms with van der Waals surface area (Å²) >= 11 is 1.74. The summed E-state index contributed by atoms with van der Waals surface area (Å²) in [6.45, 7) is 6.72. The SMILES string of the molecule is Cc1sc2ncnc(N3CCC(NC[C@@H](O)c4ccco4)CC3)c2c1C. The Hall–Kier alpha value is -1.96. The van der Waals surface area contributed by atoms with Crippen LogP contribution in [0, 0.1) is 13.8 Å². The number of furan rings is 1. The number of thiophene rings is 1. The third-order valence-corrected chi connectivity index (χ3v) is 6.33. The van der Waals surface area contributed by atoms with Gasteiger partial charge in [-0.15, -0.1) is 11.3 Å². The lowest BCUT2D eigenvalue weighted by Crippen LogP contribution is -2.44. The molecule has 0 amide bonds. The van der Waals surface area contributed by atoms with Crippen molar-refractivity contribution in [2.45, 2.75) is 38.8 Å². The summed E-state index contributed by atoms with van der Waals surface area (Å²) < 4.78 is 5.25. The molecule has 4 rings (SSSR count). The van der Waals surface area contributed by atoms with Crippen molar-refractivity contribution in [3.8, 4) is 0 Å². The zero-order valence-corrected chi connectivity index (χ0v) is 15.9. The number of aryl methyl sites for hydroxylation is 2. The van der Waals surface area contributed by atoms with E-state index in [-0.39, 0.29) is 0 Å². The number of nitrogens with zero attached hydrogens (tertiary/aromatic N) is 3. The molecule has 0 aromatic carbocycles. The number of fused-ring (bicyclic) bond motifs is 1. The highest BCUT2D eigenvalue weighted by atomic mass is 32.1. The second kappa shape index (κ2) is 7.34. The minimum Gasteiger partial charge on any atom is -0.467 e. The van der Waals surface area contributed by atoms with E-state index in [0.29, 0.717) is 18.3 Å². The number of hydrogen-bond donors (Lipinski definition) is 2. The van der Waals surface area contributed by atoms with Gasteiger partial charge in [-0.2, -0.15) is 0 Å². The van der Waals surface area contributed by atoms with Gasteiger partial charge in [-0.1, -0.05) is 0 Å². The van der Waals surface area contributed by atoms with Gasteiger partial charge >= 0.3 is 0 Å². The first-order valence-corrected chi connectivity index (χ1v) is 9.85. The van der Waals surface area contributed by atoms with Gasteiger partial charge in [-0.25, -0.2) is 9.97 Å². The minimum atomic E-state index is -0.596. The highest BCUT2D eigenvalue weighted by molar-refractivity contribution is 7.18. The van der Waals surface area contributed by atoms with Crippen molar-refractivity contribution < 1.29 is 9.52 Å². The average molecular weight is 372 g/mol. The van der Waals surface area contributed by atoms with E-state index < -0.39 is 6.10 Å². The highest BCUT2D eigenvalue weighted by Gasteiger charge is 2.24. The Bertz CT molecular complexity index is 869. The number of aromatic nitrogens is 2. The van der Waals surface area contributed by atoms with E-state index in [1.165, 1.54) is 15.8 Å². The van der Waals surface area contributed by atoms with Gasteiger partial charge in [-0.05, 0) is 44.4 Å². The van der Waals surface area contributed by atoms with Crippen molar-refractivity contribution in [3.05, 3.63) is 40.9 Å². The maximum absolute atomic E-state index is 10.1. The Morgan fingerprint density at radius 1 is 1.35 bits per heavy atom. The molecule has 3 aromatic heterocycles. The predicted molar refractivity (Wildman–Crippen MR) is 104 cm³/mol. The van der Waals surface area contributed by atoms with E-state index >= 15 is 0 Å². The van der Waals surface area contributed by atoms with Crippen LogP contribution >= 0.6 is 11.3 Å². The van der Waals surface area contributed by atoms with Gasteiger partial charge in [-0.3, -0.25) is 0 Å². The van der Waals surface area contributed by atoms with Crippen LogP contribution in [0.5, 0.6) is 0 Å². The summed E-state index contributed by atoms with van der Waals surface area (Å²) in [5.74, 6) is 1.67. The molecule has 0 saturated carbocycles. The van der Waals surface area contributed by atoms with Crippen LogP contribution < -0.4 is 10.2 Å². The van der Waals surface area contributed by atoms with Gasteiger partial charge in [0.25, 0.3) is 0 Å². The fraction of sp³-hybridized carbons (Fsp3) is 0.474. The van der Waals surface area contributed by atoms with E-state index in [1.54, 1.807) is 36.1 Å². The van der Waals surface area contributed by atoms with Crippen LogP contribution in [-0.2, 0) is 0 Å². The number of hydrogen-bond acceptors (Lipinski definition) is 7. The molecule has 0 radical (unpaired) electrons. The molecule has 6 nitrogen and oxygen atoms in total. The average Bonchev–Trinajstić information content (AvgIpc) is 3.29. The number of aliphatic hydroxyl groups excluding tert-OH is 1. The fourth-order valence-electron chi connectivity index (χ4n) is 3.56. The number of rotatable bonds is 5. The first-order valence-electron chi connectivity index (χ1n) is 9.04. The zero-order valence-electron chi connectivity index (χ0n) is 15.1. The molecule has 4 heterocycles. The molecule has 1 atom stereocenters. The largest absolute Gasteiger partial charge is 0.467 e. The summed E-state index contributed by atoms with van der Waals surface area (Å²) in [5.41, 5.74) is 1.29. The summed E-state index contributed by atoms with van der Waals surface area (Å²) in [4.78, 5) is 13.8. The Labute approximate surface area is 156 Å². The van der Waals surface area contributed by atoms with Crippen LogP contribution in [0.3, 0.4) is 0 Å². The van der Waals surface area contributed by atoms with Gasteiger partial charge in [0.1, 0.15) is 28.8 Å². The minimum absolute atomic E-state index is 0.401. The molecular weight excluding hydrogens is 348 g/mol. The third kappa shape index (κ3) is 3.34. The van der Waals surface area contributed by atoms with Crippen LogP contribution in [0.2, 0.25) is 0 Å². The lowest BCUT2D eigenvalue weighted by Gasteiger charge is -2.34. The number of aliphatic hydroxyl groups is 1. The van der Waals surface area contributed by atoms with Crippen LogP contribution in [-0.4, -0.2) is 40.8 Å². The lowest BCUT2D eigenvalue weighted by molar-refractivity contribution is 0.141. The molecule has 0 aliphatic carbocycles. The van der Waals surface area contributed by atoms with E-state index in [9.17, 15) is 5.11 Å². The third-order valence-electron chi connectivity index (χ3n) is 5.21. The van der Waals surface area contributed by atoms with E-state index in [1.807, 2.05) is 0 Å². The molecule has 1 fully saturated rings. The topological polar surface area (TPSA) is 74.4 Å². The quantitative estimate of drug-likeness (QED) is 0.716. The Kier molecular flexibility index (Phi) is 4.93. The van der Waals surface area contributed by atoms with Crippen molar-refractivity contribution in [1.82, 2.24) is 15.3 Å². The maximum atomic E-state index is 10.1. The van der Waals surface area contributed by atoms with Crippen LogP contribution in [0.15, 0.2) is 29.1 Å². The van der Waals surface area contributed by atoms with Gasteiger partial charge < -0.3 is 19.7 Å². The molecule has 26 heavy (non-hydrogen) atoms. The fourth-order valence-corrected chi connectivity index (χ4v) is 4.55. The molecule has 3 aromatic rings. The molecule has 0 unspecified atom stereocenters.